The maximum absolute atomic E-state index is 12.0. The predicted octanol–water partition coefficient (Wildman–Crippen LogP) is -1.29. The monoisotopic (exact) mass is 291 g/mol. The van der Waals surface area contributed by atoms with Gasteiger partial charge in [-0.1, -0.05) is 0 Å². The van der Waals surface area contributed by atoms with Gasteiger partial charge in [0, 0.05) is 20.6 Å². The van der Waals surface area contributed by atoms with Crippen molar-refractivity contribution >= 4 is 16.9 Å². The Morgan fingerprint density at radius 3 is 2.67 bits per heavy atom. The Bertz CT molecular complexity index is 806. The molecule has 0 aliphatic heterocycles. The Kier molecular flexibility index (Phi) is 4.18. The Labute approximate surface area is 120 Å². The second-order valence-corrected chi connectivity index (χ2v) is 4.67. The fourth-order valence-corrected chi connectivity index (χ4v) is 1.98. The van der Waals surface area contributed by atoms with Gasteiger partial charge in [-0.25, -0.2) is 9.78 Å². The summed E-state index contributed by atoms with van der Waals surface area (Å²) in [6, 6.07) is 2.97. The van der Waals surface area contributed by atoms with Crippen LogP contribution in [0.15, 0.2) is 21.7 Å². The number of rotatable bonds is 4. The van der Waals surface area contributed by atoms with Crippen molar-refractivity contribution < 1.29 is 4.79 Å². The number of aromatic nitrogens is 3. The Morgan fingerprint density at radius 1 is 1.29 bits per heavy atom. The third kappa shape index (κ3) is 2.70. The quantitative estimate of drug-likeness (QED) is 0.681. The van der Waals surface area contributed by atoms with E-state index in [2.05, 4.69) is 10.3 Å². The van der Waals surface area contributed by atoms with E-state index < -0.39 is 11.2 Å². The largest absolute Gasteiger partial charge is 0.351 e. The standard InChI is InChI=1S/C13H17N5O3/c1-17-10-8(12(20)18(2)13(17)21)4-5-9(16-10)11(19)15-7-3-6-14/h4-5H,3,6-7,14H2,1-2H3,(H,15,19). The highest BCUT2D eigenvalue weighted by Gasteiger charge is 2.13. The molecule has 21 heavy (non-hydrogen) atoms. The molecule has 0 atom stereocenters. The van der Waals surface area contributed by atoms with Gasteiger partial charge in [0.15, 0.2) is 0 Å². The molecule has 2 aromatic rings. The molecule has 0 aliphatic carbocycles. The number of amides is 1. The molecule has 3 N–H and O–H groups in total. The summed E-state index contributed by atoms with van der Waals surface area (Å²) in [4.78, 5) is 39.9. The molecule has 2 aromatic heterocycles. The SMILES string of the molecule is Cn1c(=O)c2ccc(C(=O)NCCCN)nc2n(C)c1=O. The Hall–Kier alpha value is -2.48. The molecular weight excluding hydrogens is 274 g/mol. The number of nitrogens with two attached hydrogens (primary N) is 1. The number of carbonyl (C=O) groups is 1. The van der Waals surface area contributed by atoms with Crippen LogP contribution < -0.4 is 22.3 Å². The van der Waals surface area contributed by atoms with Crippen LogP contribution in [0, 0.1) is 0 Å². The van der Waals surface area contributed by atoms with Crippen LogP contribution in [-0.4, -0.2) is 33.1 Å². The third-order valence-electron chi connectivity index (χ3n) is 3.20. The summed E-state index contributed by atoms with van der Waals surface area (Å²) in [5.41, 5.74) is 4.78. The summed E-state index contributed by atoms with van der Waals surface area (Å²) in [6.07, 6.45) is 0.665. The Morgan fingerprint density at radius 2 is 2.00 bits per heavy atom. The van der Waals surface area contributed by atoms with Crippen LogP contribution >= 0.6 is 0 Å². The number of carbonyl (C=O) groups excluding carboxylic acids is 1. The van der Waals surface area contributed by atoms with Crippen molar-refractivity contribution in [1.82, 2.24) is 19.4 Å². The first-order valence-electron chi connectivity index (χ1n) is 6.52. The highest BCUT2D eigenvalue weighted by Crippen LogP contribution is 2.06. The molecule has 1 amide bonds. The van der Waals surface area contributed by atoms with Gasteiger partial charge >= 0.3 is 5.69 Å². The number of hydrogen-bond acceptors (Lipinski definition) is 5. The molecule has 2 heterocycles. The van der Waals surface area contributed by atoms with E-state index in [1.807, 2.05) is 0 Å². The molecule has 8 heteroatoms. The molecule has 0 aromatic carbocycles. The van der Waals surface area contributed by atoms with Crippen molar-refractivity contribution in [2.75, 3.05) is 13.1 Å². The molecule has 2 rings (SSSR count). The number of nitrogens with one attached hydrogen (secondary N) is 1. The normalized spacial score (nSPS) is 10.8. The van der Waals surface area contributed by atoms with Crippen LogP contribution in [0.4, 0.5) is 0 Å². The van der Waals surface area contributed by atoms with Gasteiger partial charge in [-0.15, -0.1) is 0 Å². The lowest BCUT2D eigenvalue weighted by Gasteiger charge is -2.08. The average molecular weight is 291 g/mol. The highest BCUT2D eigenvalue weighted by molar-refractivity contribution is 5.94. The molecule has 112 valence electrons. The van der Waals surface area contributed by atoms with Crippen molar-refractivity contribution in [2.24, 2.45) is 19.8 Å². The molecule has 0 spiro atoms. The van der Waals surface area contributed by atoms with E-state index in [0.717, 1.165) is 4.57 Å². The molecule has 0 radical (unpaired) electrons. The zero-order chi connectivity index (χ0) is 15.6. The van der Waals surface area contributed by atoms with E-state index in [1.165, 1.54) is 30.8 Å². The molecule has 8 nitrogen and oxygen atoms in total. The molecule has 0 saturated heterocycles. The maximum Gasteiger partial charge on any atom is 0.332 e. The van der Waals surface area contributed by atoms with E-state index in [0.29, 0.717) is 19.5 Å². The lowest BCUT2D eigenvalue weighted by Crippen LogP contribution is -2.37. The van der Waals surface area contributed by atoms with Crippen molar-refractivity contribution in [3.63, 3.8) is 0 Å². The van der Waals surface area contributed by atoms with Gasteiger partial charge in [0.1, 0.15) is 11.3 Å². The zero-order valence-electron chi connectivity index (χ0n) is 11.9. The van der Waals surface area contributed by atoms with E-state index in [1.54, 1.807) is 0 Å². The fraction of sp³-hybridized carbons (Fsp3) is 0.385. The van der Waals surface area contributed by atoms with Gasteiger partial charge in [-0.2, -0.15) is 0 Å². The summed E-state index contributed by atoms with van der Waals surface area (Å²) in [7, 11) is 2.91. The average Bonchev–Trinajstić information content (AvgIpc) is 2.50. The third-order valence-corrected chi connectivity index (χ3v) is 3.20. The van der Waals surface area contributed by atoms with Gasteiger partial charge in [0.2, 0.25) is 0 Å². The Balaban J connectivity index is 2.50. The van der Waals surface area contributed by atoms with Gasteiger partial charge < -0.3 is 11.1 Å². The minimum Gasteiger partial charge on any atom is -0.351 e. The first-order chi connectivity index (χ1) is 9.97. The topological polar surface area (TPSA) is 112 Å². The lowest BCUT2D eigenvalue weighted by atomic mass is 10.2. The van der Waals surface area contributed by atoms with Crippen molar-refractivity contribution in [3.8, 4) is 0 Å². The molecule has 0 fully saturated rings. The van der Waals surface area contributed by atoms with Crippen LogP contribution in [0.3, 0.4) is 0 Å². The van der Waals surface area contributed by atoms with E-state index in [4.69, 9.17) is 5.73 Å². The van der Waals surface area contributed by atoms with Gasteiger partial charge in [-0.3, -0.25) is 18.7 Å². The van der Waals surface area contributed by atoms with Gasteiger partial charge in [0.25, 0.3) is 11.5 Å². The highest BCUT2D eigenvalue weighted by atomic mass is 16.2. The van der Waals surface area contributed by atoms with Crippen LogP contribution in [-0.2, 0) is 14.1 Å². The fourth-order valence-electron chi connectivity index (χ4n) is 1.98. The van der Waals surface area contributed by atoms with Crippen LogP contribution in [0.1, 0.15) is 16.9 Å². The lowest BCUT2D eigenvalue weighted by molar-refractivity contribution is 0.0949. The van der Waals surface area contributed by atoms with Gasteiger partial charge in [0.05, 0.1) is 5.39 Å². The van der Waals surface area contributed by atoms with Crippen LogP contribution in [0.5, 0.6) is 0 Å². The summed E-state index contributed by atoms with van der Waals surface area (Å²) < 4.78 is 2.25. The molecule has 0 unspecified atom stereocenters. The second kappa shape index (κ2) is 5.88. The van der Waals surface area contributed by atoms with Crippen molar-refractivity contribution in [2.45, 2.75) is 6.42 Å². The number of fused-ring (bicyclic) bond motifs is 1. The zero-order valence-corrected chi connectivity index (χ0v) is 11.9. The summed E-state index contributed by atoms with van der Waals surface area (Å²) in [5.74, 6) is -0.363. The van der Waals surface area contributed by atoms with E-state index >= 15 is 0 Å². The molecular formula is C13H17N5O3. The minimum absolute atomic E-state index is 0.155. The number of pyridine rings is 1. The summed E-state index contributed by atoms with van der Waals surface area (Å²) in [5, 5.41) is 2.96. The minimum atomic E-state index is -0.485. The van der Waals surface area contributed by atoms with Crippen LogP contribution in [0.25, 0.3) is 11.0 Å². The predicted molar refractivity (Wildman–Crippen MR) is 78.2 cm³/mol. The first-order valence-corrected chi connectivity index (χ1v) is 6.52. The molecule has 0 bridgehead atoms. The van der Waals surface area contributed by atoms with E-state index in [-0.39, 0.29) is 22.6 Å². The van der Waals surface area contributed by atoms with Gasteiger partial charge in [-0.05, 0) is 25.1 Å². The second-order valence-electron chi connectivity index (χ2n) is 4.67. The van der Waals surface area contributed by atoms with Crippen LogP contribution in [0.2, 0.25) is 0 Å². The maximum atomic E-state index is 12.0. The smallest absolute Gasteiger partial charge is 0.332 e. The first kappa shape index (κ1) is 14.9. The molecule has 0 aliphatic rings. The summed E-state index contributed by atoms with van der Waals surface area (Å²) in [6.45, 7) is 0.931. The number of aryl methyl sites for hydroxylation is 1. The number of hydrogen-bond donors (Lipinski definition) is 2. The summed E-state index contributed by atoms with van der Waals surface area (Å²) >= 11 is 0. The molecule has 0 saturated carbocycles. The van der Waals surface area contributed by atoms with Crippen molar-refractivity contribution in [1.29, 1.82) is 0 Å². The number of nitrogens with zero attached hydrogens (tertiary/aromatic N) is 3. The van der Waals surface area contributed by atoms with E-state index in [9.17, 15) is 14.4 Å². The van der Waals surface area contributed by atoms with Crippen molar-refractivity contribution in [3.05, 3.63) is 38.7 Å².